The molecule has 2 fully saturated rings. The zero-order chi connectivity index (χ0) is 14.2. The molecule has 0 saturated carbocycles. The van der Waals surface area contributed by atoms with Gasteiger partial charge in [0.05, 0.1) is 0 Å². The van der Waals surface area contributed by atoms with Gasteiger partial charge in [0.2, 0.25) is 5.91 Å². The van der Waals surface area contributed by atoms with Crippen molar-refractivity contribution in [1.82, 2.24) is 10.2 Å². The lowest BCUT2D eigenvalue weighted by Gasteiger charge is -2.45. The van der Waals surface area contributed by atoms with Crippen molar-refractivity contribution in [2.75, 3.05) is 0 Å². The van der Waals surface area contributed by atoms with Gasteiger partial charge in [-0.05, 0) is 38.2 Å². The molecule has 1 amide bonds. The zero-order valence-corrected chi connectivity index (χ0v) is 12.4. The van der Waals surface area contributed by atoms with E-state index >= 15 is 0 Å². The third-order valence-electron chi connectivity index (χ3n) is 4.83. The molecule has 0 spiro atoms. The van der Waals surface area contributed by atoms with Crippen LogP contribution in [0.3, 0.4) is 0 Å². The fourth-order valence-electron chi connectivity index (χ4n) is 4.16. The van der Waals surface area contributed by atoms with Gasteiger partial charge < -0.3 is 5.32 Å². The average molecular weight is 272 g/mol. The SMILES string of the molecule is CC(=O)NC1(C)CC2CCC(C1)N2Cc1ccccc1. The van der Waals surface area contributed by atoms with Gasteiger partial charge in [-0.15, -0.1) is 0 Å². The first-order valence-electron chi connectivity index (χ1n) is 7.64. The predicted octanol–water partition coefficient (Wildman–Crippen LogP) is 2.71. The number of piperidine rings is 1. The van der Waals surface area contributed by atoms with Crippen LogP contribution in [0.2, 0.25) is 0 Å². The third-order valence-corrected chi connectivity index (χ3v) is 4.83. The lowest BCUT2D eigenvalue weighted by molar-refractivity contribution is -0.121. The molecule has 2 heterocycles. The Hall–Kier alpha value is -1.35. The summed E-state index contributed by atoms with van der Waals surface area (Å²) in [5.74, 6) is 0.100. The quantitative estimate of drug-likeness (QED) is 0.917. The first-order valence-corrected chi connectivity index (χ1v) is 7.64. The number of hydrogen-bond donors (Lipinski definition) is 1. The Morgan fingerprint density at radius 3 is 2.40 bits per heavy atom. The third kappa shape index (κ3) is 2.73. The number of fused-ring (bicyclic) bond motifs is 2. The molecule has 3 nitrogen and oxygen atoms in total. The summed E-state index contributed by atoms with van der Waals surface area (Å²) in [4.78, 5) is 14.1. The van der Waals surface area contributed by atoms with E-state index in [0.29, 0.717) is 12.1 Å². The van der Waals surface area contributed by atoms with Crippen molar-refractivity contribution in [3.8, 4) is 0 Å². The van der Waals surface area contributed by atoms with E-state index in [1.54, 1.807) is 6.92 Å². The van der Waals surface area contributed by atoms with E-state index in [1.165, 1.54) is 18.4 Å². The van der Waals surface area contributed by atoms with Crippen molar-refractivity contribution in [2.45, 2.75) is 63.7 Å². The van der Waals surface area contributed by atoms with Gasteiger partial charge in [-0.3, -0.25) is 9.69 Å². The van der Waals surface area contributed by atoms with Crippen LogP contribution in [0.1, 0.15) is 45.1 Å². The number of benzene rings is 1. The molecular formula is C17H24N2O. The van der Waals surface area contributed by atoms with Crippen LogP contribution in [0.5, 0.6) is 0 Å². The molecule has 0 aromatic heterocycles. The van der Waals surface area contributed by atoms with E-state index in [2.05, 4.69) is 47.5 Å². The fraction of sp³-hybridized carbons (Fsp3) is 0.588. The highest BCUT2D eigenvalue weighted by molar-refractivity contribution is 5.73. The summed E-state index contributed by atoms with van der Waals surface area (Å²) in [6.45, 7) is 4.88. The molecule has 1 aromatic rings. The van der Waals surface area contributed by atoms with E-state index < -0.39 is 0 Å². The van der Waals surface area contributed by atoms with E-state index in [9.17, 15) is 4.79 Å². The standard InChI is InChI=1S/C17H24N2O/c1-13(20)18-17(2)10-15-8-9-16(11-17)19(15)12-14-6-4-3-5-7-14/h3-7,15-16H,8-12H2,1-2H3,(H,18,20). The highest BCUT2D eigenvalue weighted by Crippen LogP contribution is 2.41. The van der Waals surface area contributed by atoms with Gasteiger partial charge in [0.1, 0.15) is 0 Å². The minimum absolute atomic E-state index is 0.00907. The van der Waals surface area contributed by atoms with E-state index in [0.717, 1.165) is 19.4 Å². The molecular weight excluding hydrogens is 248 g/mol. The summed E-state index contributed by atoms with van der Waals surface area (Å²) >= 11 is 0. The fourth-order valence-corrected chi connectivity index (χ4v) is 4.16. The number of nitrogens with one attached hydrogen (secondary N) is 1. The van der Waals surface area contributed by atoms with Crippen molar-refractivity contribution >= 4 is 5.91 Å². The normalized spacial score (nSPS) is 33.1. The minimum atomic E-state index is -0.00907. The highest BCUT2D eigenvalue weighted by atomic mass is 16.1. The lowest BCUT2D eigenvalue weighted by Crippen LogP contribution is -2.56. The van der Waals surface area contributed by atoms with Gasteiger partial charge >= 0.3 is 0 Å². The number of rotatable bonds is 3. The molecule has 1 N–H and O–H groups in total. The molecule has 2 aliphatic heterocycles. The van der Waals surface area contributed by atoms with Crippen molar-refractivity contribution in [3.05, 3.63) is 35.9 Å². The molecule has 20 heavy (non-hydrogen) atoms. The average Bonchev–Trinajstić information content (AvgIpc) is 2.64. The van der Waals surface area contributed by atoms with Crippen LogP contribution in [-0.2, 0) is 11.3 Å². The topological polar surface area (TPSA) is 32.3 Å². The Kier molecular flexibility index (Phi) is 3.55. The molecule has 2 saturated heterocycles. The van der Waals surface area contributed by atoms with Crippen LogP contribution in [-0.4, -0.2) is 28.4 Å². The van der Waals surface area contributed by atoms with Crippen molar-refractivity contribution in [1.29, 1.82) is 0 Å². The minimum Gasteiger partial charge on any atom is -0.351 e. The molecule has 108 valence electrons. The van der Waals surface area contributed by atoms with Crippen LogP contribution in [0.15, 0.2) is 30.3 Å². The van der Waals surface area contributed by atoms with Crippen LogP contribution in [0.25, 0.3) is 0 Å². The highest BCUT2D eigenvalue weighted by Gasteiger charge is 2.46. The number of nitrogens with zero attached hydrogens (tertiary/aromatic N) is 1. The first kappa shape index (κ1) is 13.6. The second-order valence-electron chi connectivity index (χ2n) is 6.69. The Morgan fingerprint density at radius 2 is 1.85 bits per heavy atom. The van der Waals surface area contributed by atoms with Gasteiger partial charge in [-0.2, -0.15) is 0 Å². The molecule has 2 aliphatic rings. The molecule has 1 aromatic carbocycles. The van der Waals surface area contributed by atoms with Crippen molar-refractivity contribution in [2.24, 2.45) is 0 Å². The van der Waals surface area contributed by atoms with Gasteiger partial charge in [-0.1, -0.05) is 30.3 Å². The summed E-state index contributed by atoms with van der Waals surface area (Å²) in [5.41, 5.74) is 1.39. The summed E-state index contributed by atoms with van der Waals surface area (Å²) < 4.78 is 0. The van der Waals surface area contributed by atoms with E-state index in [-0.39, 0.29) is 11.4 Å². The summed E-state index contributed by atoms with van der Waals surface area (Å²) in [7, 11) is 0. The zero-order valence-electron chi connectivity index (χ0n) is 12.4. The molecule has 2 bridgehead atoms. The van der Waals surface area contributed by atoms with E-state index in [4.69, 9.17) is 0 Å². The largest absolute Gasteiger partial charge is 0.351 e. The molecule has 3 heteroatoms. The Labute approximate surface area is 121 Å². The maximum atomic E-state index is 11.4. The monoisotopic (exact) mass is 272 g/mol. The molecule has 0 radical (unpaired) electrons. The second-order valence-corrected chi connectivity index (χ2v) is 6.69. The molecule has 0 aliphatic carbocycles. The van der Waals surface area contributed by atoms with Crippen molar-refractivity contribution in [3.63, 3.8) is 0 Å². The first-order chi connectivity index (χ1) is 9.56. The lowest BCUT2D eigenvalue weighted by atomic mass is 9.84. The van der Waals surface area contributed by atoms with Crippen LogP contribution >= 0.6 is 0 Å². The molecule has 2 atom stereocenters. The van der Waals surface area contributed by atoms with Gasteiger partial charge in [-0.25, -0.2) is 0 Å². The summed E-state index contributed by atoms with van der Waals surface area (Å²) in [6.07, 6.45) is 4.70. The van der Waals surface area contributed by atoms with E-state index in [1.807, 2.05) is 0 Å². The Bertz CT molecular complexity index is 471. The number of hydrogen-bond acceptors (Lipinski definition) is 2. The van der Waals surface area contributed by atoms with Crippen LogP contribution in [0, 0.1) is 0 Å². The smallest absolute Gasteiger partial charge is 0.217 e. The number of carbonyl (C=O) groups excluding carboxylic acids is 1. The number of carbonyl (C=O) groups is 1. The Morgan fingerprint density at radius 1 is 1.25 bits per heavy atom. The van der Waals surface area contributed by atoms with Gasteiger partial charge in [0, 0.05) is 31.1 Å². The summed E-state index contributed by atoms with van der Waals surface area (Å²) in [6, 6.07) is 12.0. The predicted molar refractivity (Wildman–Crippen MR) is 80.3 cm³/mol. The summed E-state index contributed by atoms with van der Waals surface area (Å²) in [5, 5.41) is 3.18. The van der Waals surface area contributed by atoms with Gasteiger partial charge in [0.15, 0.2) is 0 Å². The van der Waals surface area contributed by atoms with Crippen LogP contribution < -0.4 is 5.32 Å². The van der Waals surface area contributed by atoms with Gasteiger partial charge in [0.25, 0.3) is 0 Å². The maximum Gasteiger partial charge on any atom is 0.217 e. The maximum absolute atomic E-state index is 11.4. The van der Waals surface area contributed by atoms with Crippen LogP contribution in [0.4, 0.5) is 0 Å². The second kappa shape index (κ2) is 5.21. The molecule has 2 unspecified atom stereocenters. The van der Waals surface area contributed by atoms with Crippen molar-refractivity contribution < 1.29 is 4.79 Å². The Balaban J connectivity index is 1.70. The number of amides is 1. The molecule has 3 rings (SSSR count).